The molecule has 326 valence electrons. The van der Waals surface area contributed by atoms with Crippen LogP contribution in [-0.4, -0.2) is 60.5 Å². The summed E-state index contributed by atoms with van der Waals surface area (Å²) in [6.07, 6.45) is 47.3. The van der Waals surface area contributed by atoms with Gasteiger partial charge in [0.15, 0.2) is 0 Å². The summed E-state index contributed by atoms with van der Waals surface area (Å²) in [5, 5.41) is 8.90. The monoisotopic (exact) mass is 812 g/mol. The predicted molar refractivity (Wildman–Crippen MR) is 231 cm³/mol. The summed E-state index contributed by atoms with van der Waals surface area (Å²) in [6, 6.07) is -1.48. The lowest BCUT2D eigenvalue weighted by Gasteiger charge is -2.20. The van der Waals surface area contributed by atoms with Crippen molar-refractivity contribution in [3.63, 3.8) is 0 Å². The third-order valence-corrected chi connectivity index (χ3v) is 10.3. The third-order valence-electron chi connectivity index (χ3n) is 9.33. The molecular weight excluding hydrogens is 729 g/mol. The van der Waals surface area contributed by atoms with Crippen LogP contribution in [0.5, 0.6) is 0 Å². The van der Waals surface area contributed by atoms with Crippen molar-refractivity contribution >= 4 is 19.8 Å². The predicted octanol–water partition coefficient (Wildman–Crippen LogP) is 12.3. The number of hydrogen-bond donors (Lipinski definition) is 3. The van der Waals surface area contributed by atoms with E-state index < -0.39 is 45.1 Å². The molecule has 0 saturated heterocycles. The summed E-state index contributed by atoms with van der Waals surface area (Å²) < 4.78 is 33.3. The van der Waals surface area contributed by atoms with Gasteiger partial charge in [-0.3, -0.25) is 18.6 Å². The van der Waals surface area contributed by atoms with E-state index in [9.17, 15) is 19.0 Å². The number of carbonyl (C=O) groups is 2. The molecule has 4 N–H and O–H groups in total. The van der Waals surface area contributed by atoms with Crippen LogP contribution in [-0.2, 0) is 32.7 Å². The van der Waals surface area contributed by atoms with Crippen molar-refractivity contribution in [3.05, 3.63) is 48.6 Å². The Labute approximate surface area is 341 Å². The molecule has 0 bridgehead atoms. The number of phosphoric ester groups is 1. The highest BCUT2D eigenvalue weighted by atomic mass is 31.2. The van der Waals surface area contributed by atoms with Crippen LogP contribution in [0.15, 0.2) is 48.6 Å². The standard InChI is InChI=1S/C45H82NO9P/c1-3-5-7-9-11-13-15-17-19-20-21-22-24-26-28-30-32-34-36-38-52-39-42(40-53-56(50,51)54-41-43(46)45(48)49)55-44(47)37-35-33-31-29-27-25-23-18-16-14-12-10-8-6-4-2/h12-15,18-20,23,42-43H,3-11,16-17,21-22,24-41,46H2,1-2H3,(H,48,49)(H,50,51)/b14-12-,15-13-,20-19-,23-18-. The zero-order chi connectivity index (χ0) is 41.2. The Hall–Kier alpha value is -2.07. The second kappa shape index (κ2) is 41.1. The second-order valence-electron chi connectivity index (χ2n) is 14.8. The van der Waals surface area contributed by atoms with Crippen LogP contribution < -0.4 is 5.73 Å². The number of hydrogen-bond acceptors (Lipinski definition) is 8. The highest BCUT2D eigenvalue weighted by Crippen LogP contribution is 2.43. The molecule has 0 aliphatic carbocycles. The van der Waals surface area contributed by atoms with Gasteiger partial charge in [-0.2, -0.15) is 0 Å². The molecule has 0 saturated carbocycles. The number of phosphoric acid groups is 1. The Morgan fingerprint density at radius 3 is 1.48 bits per heavy atom. The van der Waals surface area contributed by atoms with Crippen molar-refractivity contribution in [2.75, 3.05) is 26.4 Å². The van der Waals surface area contributed by atoms with E-state index in [4.69, 9.17) is 29.4 Å². The van der Waals surface area contributed by atoms with Crippen LogP contribution in [0.25, 0.3) is 0 Å². The molecule has 0 rings (SSSR count). The SMILES string of the molecule is CCCCC/C=C\C/C=C\CCCCCCCC(=O)OC(COCCCCCCCCCC/C=C\C/C=C\CCCCCC)COP(=O)(O)OCC(N)C(=O)O. The van der Waals surface area contributed by atoms with E-state index in [1.807, 2.05) is 0 Å². The number of carboxylic acids is 1. The summed E-state index contributed by atoms with van der Waals surface area (Å²) in [5.74, 6) is -1.80. The highest BCUT2D eigenvalue weighted by Gasteiger charge is 2.27. The van der Waals surface area contributed by atoms with Gasteiger partial charge in [-0.05, 0) is 77.0 Å². The van der Waals surface area contributed by atoms with Crippen molar-refractivity contribution in [2.24, 2.45) is 5.73 Å². The number of aliphatic carboxylic acids is 1. The van der Waals surface area contributed by atoms with Gasteiger partial charge in [0.1, 0.15) is 12.1 Å². The molecule has 11 heteroatoms. The minimum Gasteiger partial charge on any atom is -0.480 e. The van der Waals surface area contributed by atoms with Crippen LogP contribution in [0, 0.1) is 0 Å². The van der Waals surface area contributed by atoms with Crippen molar-refractivity contribution in [1.82, 2.24) is 0 Å². The molecule has 0 amide bonds. The topological polar surface area (TPSA) is 155 Å². The largest absolute Gasteiger partial charge is 0.480 e. The fraction of sp³-hybridized carbons (Fsp3) is 0.778. The molecule has 0 aromatic rings. The summed E-state index contributed by atoms with van der Waals surface area (Å²) in [4.78, 5) is 33.5. The molecule has 0 aliphatic heterocycles. The van der Waals surface area contributed by atoms with Crippen LogP contribution >= 0.6 is 7.82 Å². The number of nitrogens with two attached hydrogens (primary N) is 1. The maximum absolute atomic E-state index is 12.6. The smallest absolute Gasteiger partial charge is 0.472 e. The van der Waals surface area contributed by atoms with E-state index in [-0.39, 0.29) is 13.0 Å². The van der Waals surface area contributed by atoms with Crippen LogP contribution in [0.1, 0.15) is 187 Å². The zero-order valence-corrected chi connectivity index (χ0v) is 36.4. The van der Waals surface area contributed by atoms with E-state index in [0.717, 1.165) is 70.6 Å². The van der Waals surface area contributed by atoms with Gasteiger partial charge in [0, 0.05) is 13.0 Å². The third kappa shape index (κ3) is 40.1. The van der Waals surface area contributed by atoms with Crippen molar-refractivity contribution in [1.29, 1.82) is 0 Å². The fourth-order valence-electron chi connectivity index (χ4n) is 5.84. The van der Waals surface area contributed by atoms with Gasteiger partial charge >= 0.3 is 19.8 Å². The van der Waals surface area contributed by atoms with Gasteiger partial charge in [0.25, 0.3) is 0 Å². The fourth-order valence-corrected chi connectivity index (χ4v) is 6.62. The number of unbranched alkanes of at least 4 members (excludes halogenated alkanes) is 20. The number of rotatable bonds is 42. The zero-order valence-electron chi connectivity index (χ0n) is 35.5. The van der Waals surface area contributed by atoms with E-state index in [1.165, 1.54) is 89.9 Å². The molecule has 0 heterocycles. The van der Waals surface area contributed by atoms with E-state index in [1.54, 1.807) is 0 Å². The molecule has 0 spiro atoms. The maximum atomic E-state index is 12.6. The number of carbonyl (C=O) groups excluding carboxylic acids is 1. The van der Waals surface area contributed by atoms with E-state index in [2.05, 4.69) is 62.5 Å². The molecule has 0 radical (unpaired) electrons. The summed E-state index contributed by atoms with van der Waals surface area (Å²) in [7, 11) is -4.62. The van der Waals surface area contributed by atoms with Gasteiger partial charge in [-0.15, -0.1) is 0 Å². The lowest BCUT2D eigenvalue weighted by Crippen LogP contribution is -2.34. The van der Waals surface area contributed by atoms with E-state index in [0.29, 0.717) is 13.0 Å². The Balaban J connectivity index is 4.25. The van der Waals surface area contributed by atoms with Crippen molar-refractivity contribution < 1.29 is 42.7 Å². The average Bonchev–Trinajstić information content (AvgIpc) is 3.18. The number of carboxylic acid groups (broad SMARTS) is 1. The average molecular weight is 812 g/mol. The Morgan fingerprint density at radius 2 is 0.982 bits per heavy atom. The normalized spacial score (nSPS) is 14.4. The Bertz CT molecular complexity index is 1080. The summed E-state index contributed by atoms with van der Waals surface area (Å²) in [5.41, 5.74) is 5.35. The minimum absolute atomic E-state index is 0.00628. The van der Waals surface area contributed by atoms with Gasteiger partial charge in [-0.1, -0.05) is 152 Å². The van der Waals surface area contributed by atoms with Crippen LogP contribution in [0.4, 0.5) is 0 Å². The van der Waals surface area contributed by atoms with Gasteiger partial charge in [0.2, 0.25) is 0 Å². The molecule has 0 fully saturated rings. The first-order valence-corrected chi connectivity index (χ1v) is 23.7. The molecule has 0 aromatic carbocycles. The van der Waals surface area contributed by atoms with Crippen LogP contribution in [0.2, 0.25) is 0 Å². The molecular formula is C45H82NO9P. The lowest BCUT2D eigenvalue weighted by atomic mass is 10.1. The molecule has 56 heavy (non-hydrogen) atoms. The molecule has 0 aromatic heterocycles. The van der Waals surface area contributed by atoms with E-state index >= 15 is 0 Å². The second-order valence-corrected chi connectivity index (χ2v) is 16.3. The van der Waals surface area contributed by atoms with Crippen molar-refractivity contribution in [2.45, 2.75) is 199 Å². The number of ether oxygens (including phenoxy) is 2. The summed E-state index contributed by atoms with van der Waals surface area (Å²) >= 11 is 0. The quantitative estimate of drug-likeness (QED) is 0.0235. The molecule has 3 atom stereocenters. The minimum atomic E-state index is -4.62. The lowest BCUT2D eigenvalue weighted by molar-refractivity contribution is -0.154. The molecule has 3 unspecified atom stereocenters. The first-order chi connectivity index (χ1) is 27.2. The molecule has 10 nitrogen and oxygen atoms in total. The Morgan fingerprint density at radius 1 is 0.571 bits per heavy atom. The number of esters is 1. The van der Waals surface area contributed by atoms with Gasteiger partial charge in [0.05, 0.1) is 19.8 Å². The van der Waals surface area contributed by atoms with Crippen LogP contribution in [0.3, 0.4) is 0 Å². The maximum Gasteiger partial charge on any atom is 0.472 e. The number of allylic oxidation sites excluding steroid dienone is 8. The summed E-state index contributed by atoms with van der Waals surface area (Å²) in [6.45, 7) is 3.81. The van der Waals surface area contributed by atoms with Crippen molar-refractivity contribution in [3.8, 4) is 0 Å². The van der Waals surface area contributed by atoms with Gasteiger partial charge < -0.3 is 25.2 Å². The first kappa shape index (κ1) is 53.9. The Kier molecular flexibility index (Phi) is 39.6. The highest BCUT2D eigenvalue weighted by molar-refractivity contribution is 7.47. The molecule has 0 aliphatic rings. The first-order valence-electron chi connectivity index (χ1n) is 22.2. The van der Waals surface area contributed by atoms with Gasteiger partial charge in [-0.25, -0.2) is 4.57 Å².